The van der Waals surface area contributed by atoms with Crippen molar-refractivity contribution < 1.29 is 13.2 Å². The molecule has 0 unspecified atom stereocenters. The van der Waals surface area contributed by atoms with Gasteiger partial charge in [0, 0.05) is 10.9 Å². The zero-order valence-corrected chi connectivity index (χ0v) is 14.2. The molecule has 4 rings (SSSR count). The summed E-state index contributed by atoms with van der Waals surface area (Å²) in [4.78, 5) is 4.45. The van der Waals surface area contributed by atoms with Gasteiger partial charge in [0.25, 0.3) is 0 Å². The van der Waals surface area contributed by atoms with Gasteiger partial charge in [-0.05, 0) is 29.0 Å². The molecule has 0 saturated heterocycles. The van der Waals surface area contributed by atoms with Crippen LogP contribution in [0.3, 0.4) is 0 Å². The molecule has 1 N–H and O–H groups in total. The third kappa shape index (κ3) is 3.28. The van der Waals surface area contributed by atoms with E-state index in [4.69, 9.17) is 0 Å². The number of aromatic nitrogens is 1. The van der Waals surface area contributed by atoms with Gasteiger partial charge in [0.2, 0.25) is 0 Å². The van der Waals surface area contributed by atoms with Crippen LogP contribution < -0.4 is 5.32 Å². The van der Waals surface area contributed by atoms with E-state index in [9.17, 15) is 13.2 Å². The second-order valence-electron chi connectivity index (χ2n) is 5.77. The highest BCUT2D eigenvalue weighted by atomic mass is 32.1. The van der Waals surface area contributed by atoms with E-state index in [1.807, 2.05) is 47.8 Å². The molecule has 2 nitrogen and oxygen atoms in total. The van der Waals surface area contributed by atoms with E-state index in [0.717, 1.165) is 28.1 Å². The number of rotatable bonds is 3. The SMILES string of the molecule is FC(F)(F)c1ccccc1Nc1nc(-c2ccc3ccccc3c2)cs1. The number of nitrogens with zero attached hydrogens (tertiary/aromatic N) is 1. The van der Waals surface area contributed by atoms with E-state index in [-0.39, 0.29) is 5.69 Å². The lowest BCUT2D eigenvalue weighted by Gasteiger charge is -2.12. The molecule has 4 aromatic rings. The summed E-state index contributed by atoms with van der Waals surface area (Å²) in [5.41, 5.74) is 0.951. The summed E-state index contributed by atoms with van der Waals surface area (Å²) in [5, 5.41) is 7.27. The topological polar surface area (TPSA) is 24.9 Å². The van der Waals surface area contributed by atoms with Gasteiger partial charge < -0.3 is 5.32 Å². The first-order chi connectivity index (χ1) is 12.5. The van der Waals surface area contributed by atoms with Gasteiger partial charge in [-0.25, -0.2) is 4.98 Å². The Morgan fingerprint density at radius 2 is 1.58 bits per heavy atom. The number of anilines is 2. The Morgan fingerprint density at radius 3 is 2.38 bits per heavy atom. The average Bonchev–Trinajstić information content (AvgIpc) is 3.09. The van der Waals surface area contributed by atoms with E-state index >= 15 is 0 Å². The Balaban J connectivity index is 1.64. The van der Waals surface area contributed by atoms with Crippen molar-refractivity contribution in [3.63, 3.8) is 0 Å². The van der Waals surface area contributed by atoms with Crippen LogP contribution in [0.5, 0.6) is 0 Å². The van der Waals surface area contributed by atoms with Gasteiger partial charge in [-0.2, -0.15) is 13.2 Å². The Hall–Kier alpha value is -2.86. The van der Waals surface area contributed by atoms with Crippen molar-refractivity contribution in [1.29, 1.82) is 0 Å². The summed E-state index contributed by atoms with van der Waals surface area (Å²) in [6.45, 7) is 0. The maximum absolute atomic E-state index is 13.1. The largest absolute Gasteiger partial charge is 0.418 e. The second-order valence-corrected chi connectivity index (χ2v) is 6.63. The van der Waals surface area contributed by atoms with Gasteiger partial charge in [0.05, 0.1) is 16.9 Å². The van der Waals surface area contributed by atoms with Crippen LogP contribution in [0.15, 0.2) is 72.1 Å². The van der Waals surface area contributed by atoms with Gasteiger partial charge in [0.1, 0.15) is 0 Å². The van der Waals surface area contributed by atoms with Crippen molar-refractivity contribution in [3.8, 4) is 11.3 Å². The molecule has 0 bridgehead atoms. The molecular weight excluding hydrogens is 357 g/mol. The number of fused-ring (bicyclic) bond motifs is 1. The highest BCUT2D eigenvalue weighted by Crippen LogP contribution is 2.37. The van der Waals surface area contributed by atoms with Crippen molar-refractivity contribution in [2.75, 3.05) is 5.32 Å². The number of halogens is 3. The fourth-order valence-electron chi connectivity index (χ4n) is 2.77. The summed E-state index contributed by atoms with van der Waals surface area (Å²) in [6, 6.07) is 19.4. The third-order valence-electron chi connectivity index (χ3n) is 4.02. The number of nitrogens with one attached hydrogen (secondary N) is 1. The lowest BCUT2D eigenvalue weighted by atomic mass is 10.1. The minimum Gasteiger partial charge on any atom is -0.331 e. The zero-order valence-electron chi connectivity index (χ0n) is 13.4. The second kappa shape index (κ2) is 6.46. The summed E-state index contributed by atoms with van der Waals surface area (Å²) in [7, 11) is 0. The molecule has 0 aliphatic rings. The van der Waals surface area contributed by atoms with Gasteiger partial charge in [-0.15, -0.1) is 11.3 Å². The first-order valence-electron chi connectivity index (χ1n) is 7.89. The van der Waals surface area contributed by atoms with Crippen LogP contribution in [0.4, 0.5) is 24.0 Å². The fraction of sp³-hybridized carbons (Fsp3) is 0.0500. The van der Waals surface area contributed by atoms with E-state index in [2.05, 4.69) is 10.3 Å². The molecule has 6 heteroatoms. The molecule has 0 spiro atoms. The Morgan fingerprint density at radius 1 is 0.846 bits per heavy atom. The zero-order chi connectivity index (χ0) is 18.1. The Labute approximate surface area is 151 Å². The Kier molecular flexibility index (Phi) is 4.12. The molecule has 0 saturated carbocycles. The van der Waals surface area contributed by atoms with Crippen molar-refractivity contribution >= 4 is 32.9 Å². The average molecular weight is 370 g/mol. The first kappa shape index (κ1) is 16.6. The van der Waals surface area contributed by atoms with Crippen molar-refractivity contribution in [2.45, 2.75) is 6.18 Å². The highest BCUT2D eigenvalue weighted by Gasteiger charge is 2.33. The first-order valence-corrected chi connectivity index (χ1v) is 8.77. The maximum atomic E-state index is 13.1. The van der Waals surface area contributed by atoms with Crippen LogP contribution in [0, 0.1) is 0 Å². The predicted molar refractivity (Wildman–Crippen MR) is 99.8 cm³/mol. The van der Waals surface area contributed by atoms with Crippen molar-refractivity contribution in [3.05, 3.63) is 77.7 Å². The summed E-state index contributed by atoms with van der Waals surface area (Å²) in [5.74, 6) is 0. The molecule has 1 heterocycles. The highest BCUT2D eigenvalue weighted by molar-refractivity contribution is 7.14. The maximum Gasteiger partial charge on any atom is 0.418 e. The number of hydrogen-bond acceptors (Lipinski definition) is 3. The molecular formula is C20H13F3N2S. The van der Waals surface area contributed by atoms with Crippen LogP contribution in [0.1, 0.15) is 5.56 Å². The Bertz CT molecular complexity index is 1070. The van der Waals surface area contributed by atoms with Crippen molar-refractivity contribution in [2.24, 2.45) is 0 Å². The molecule has 0 fully saturated rings. The fourth-order valence-corrected chi connectivity index (χ4v) is 3.50. The third-order valence-corrected chi connectivity index (χ3v) is 4.78. The summed E-state index contributed by atoms with van der Waals surface area (Å²) in [6.07, 6.45) is -4.41. The van der Waals surface area contributed by atoms with E-state index in [1.165, 1.54) is 23.5 Å². The minimum atomic E-state index is -4.41. The van der Waals surface area contributed by atoms with Gasteiger partial charge in [-0.1, -0.05) is 48.5 Å². The van der Waals surface area contributed by atoms with E-state index in [1.54, 1.807) is 6.07 Å². The number of thiazole rings is 1. The molecule has 26 heavy (non-hydrogen) atoms. The normalized spacial score (nSPS) is 11.7. The molecule has 3 aromatic carbocycles. The standard InChI is InChI=1S/C20H13F3N2S/c21-20(22,23)16-7-3-4-8-17(16)24-19-25-18(12-26-19)15-10-9-13-5-1-2-6-14(13)11-15/h1-12H,(H,24,25). The van der Waals surface area contributed by atoms with E-state index < -0.39 is 11.7 Å². The number of hydrogen-bond donors (Lipinski definition) is 1. The molecule has 0 radical (unpaired) electrons. The lowest BCUT2D eigenvalue weighted by molar-refractivity contribution is -0.136. The van der Waals surface area contributed by atoms with Gasteiger partial charge >= 0.3 is 6.18 Å². The molecule has 1 aromatic heterocycles. The van der Waals surface area contributed by atoms with Crippen LogP contribution in [-0.2, 0) is 6.18 Å². The van der Waals surface area contributed by atoms with Crippen LogP contribution in [0.2, 0.25) is 0 Å². The quantitative estimate of drug-likeness (QED) is 0.433. The monoisotopic (exact) mass is 370 g/mol. The van der Waals surface area contributed by atoms with Crippen LogP contribution in [-0.4, -0.2) is 4.98 Å². The summed E-state index contributed by atoms with van der Waals surface area (Å²) < 4.78 is 39.3. The van der Waals surface area contributed by atoms with Crippen LogP contribution >= 0.6 is 11.3 Å². The molecule has 0 amide bonds. The minimum absolute atomic E-state index is 0.000545. The molecule has 130 valence electrons. The molecule has 0 aliphatic carbocycles. The predicted octanol–water partition coefficient (Wildman–Crippen LogP) is 6.73. The molecule has 0 atom stereocenters. The van der Waals surface area contributed by atoms with Crippen molar-refractivity contribution in [1.82, 2.24) is 4.98 Å². The van der Waals surface area contributed by atoms with Crippen LogP contribution in [0.25, 0.3) is 22.0 Å². The molecule has 0 aliphatic heterocycles. The van der Waals surface area contributed by atoms with E-state index in [0.29, 0.717) is 5.13 Å². The number of alkyl halides is 3. The number of benzene rings is 3. The smallest absolute Gasteiger partial charge is 0.331 e. The summed E-state index contributed by atoms with van der Waals surface area (Å²) >= 11 is 1.27. The van der Waals surface area contributed by atoms with Gasteiger partial charge in [-0.3, -0.25) is 0 Å². The van der Waals surface area contributed by atoms with Gasteiger partial charge in [0.15, 0.2) is 5.13 Å². The lowest BCUT2D eigenvalue weighted by Crippen LogP contribution is -2.08. The number of para-hydroxylation sites is 1.